The Balaban J connectivity index is 2.07. The summed E-state index contributed by atoms with van der Waals surface area (Å²) < 4.78 is 0. The van der Waals surface area contributed by atoms with Gasteiger partial charge in [0.05, 0.1) is 0 Å². The predicted octanol–water partition coefficient (Wildman–Crippen LogP) is 3.30. The molecule has 2 aliphatic carbocycles. The summed E-state index contributed by atoms with van der Waals surface area (Å²) in [7, 11) is 0. The first-order valence-corrected chi connectivity index (χ1v) is 7.13. The van der Waals surface area contributed by atoms with Gasteiger partial charge < -0.3 is 10.6 Å². The van der Waals surface area contributed by atoms with Crippen LogP contribution in [0.15, 0.2) is 0 Å². The van der Waals surface area contributed by atoms with E-state index in [1.165, 1.54) is 19.3 Å². The molecule has 104 valence electrons. The van der Waals surface area contributed by atoms with Gasteiger partial charge in [-0.3, -0.25) is 0 Å². The fourth-order valence-electron chi connectivity index (χ4n) is 4.17. The Bertz CT molecular complexity index is 351. The van der Waals surface area contributed by atoms with E-state index in [0.717, 1.165) is 5.92 Å². The smallest absolute Gasteiger partial charge is 0.315 e. The summed E-state index contributed by atoms with van der Waals surface area (Å²) in [5.41, 5.74) is 0.346. The van der Waals surface area contributed by atoms with Gasteiger partial charge in [0.25, 0.3) is 0 Å². The molecule has 2 bridgehead atoms. The molecule has 0 spiro atoms. The van der Waals surface area contributed by atoms with Crippen LogP contribution in [0, 0.1) is 16.7 Å². The third kappa shape index (κ3) is 2.24. The monoisotopic (exact) mass is 252 g/mol. The Hall–Kier alpha value is -0.730. The fourth-order valence-corrected chi connectivity index (χ4v) is 4.17. The Labute approximate surface area is 111 Å². The molecule has 2 N–H and O–H groups in total. The van der Waals surface area contributed by atoms with Gasteiger partial charge >= 0.3 is 6.03 Å². The Morgan fingerprint density at radius 1 is 1.22 bits per heavy atom. The van der Waals surface area contributed by atoms with E-state index in [-0.39, 0.29) is 17.0 Å². The van der Waals surface area contributed by atoms with Crippen LogP contribution in [0.3, 0.4) is 0 Å². The number of hydrogen-bond acceptors (Lipinski definition) is 1. The van der Waals surface area contributed by atoms with E-state index in [2.05, 4.69) is 31.4 Å². The van der Waals surface area contributed by atoms with E-state index in [1.807, 2.05) is 20.8 Å². The minimum Gasteiger partial charge on any atom is -0.334 e. The zero-order valence-corrected chi connectivity index (χ0v) is 12.7. The van der Waals surface area contributed by atoms with Crippen LogP contribution in [0.25, 0.3) is 0 Å². The zero-order valence-electron chi connectivity index (χ0n) is 12.7. The van der Waals surface area contributed by atoms with Crippen molar-refractivity contribution in [3.8, 4) is 0 Å². The number of nitrogens with one attached hydrogen (secondary N) is 2. The summed E-state index contributed by atoms with van der Waals surface area (Å²) >= 11 is 0. The van der Waals surface area contributed by atoms with Crippen molar-refractivity contribution in [2.24, 2.45) is 16.7 Å². The quantitative estimate of drug-likeness (QED) is 0.738. The van der Waals surface area contributed by atoms with Crippen molar-refractivity contribution in [2.75, 3.05) is 0 Å². The topological polar surface area (TPSA) is 41.1 Å². The van der Waals surface area contributed by atoms with E-state index in [0.29, 0.717) is 11.5 Å². The number of fused-ring (bicyclic) bond motifs is 2. The van der Waals surface area contributed by atoms with Crippen LogP contribution in [0.4, 0.5) is 4.79 Å². The van der Waals surface area contributed by atoms with Crippen LogP contribution in [0.5, 0.6) is 0 Å². The predicted molar refractivity (Wildman–Crippen MR) is 74.4 cm³/mol. The van der Waals surface area contributed by atoms with Crippen LogP contribution >= 0.6 is 0 Å². The van der Waals surface area contributed by atoms with Crippen LogP contribution in [-0.4, -0.2) is 17.6 Å². The SMILES string of the molecule is CC(C)(C)NC(=O)NC1C2(C)CCC(C2)C1(C)C. The summed E-state index contributed by atoms with van der Waals surface area (Å²) in [5.74, 6) is 0.766. The minimum absolute atomic E-state index is 0.0191. The normalized spacial score (nSPS) is 37.7. The summed E-state index contributed by atoms with van der Waals surface area (Å²) in [5, 5.41) is 6.26. The third-order valence-corrected chi connectivity index (χ3v) is 5.03. The molecule has 0 radical (unpaired) electrons. The number of urea groups is 1. The highest BCUT2D eigenvalue weighted by atomic mass is 16.2. The lowest BCUT2D eigenvalue weighted by atomic mass is 9.68. The van der Waals surface area contributed by atoms with E-state index < -0.39 is 0 Å². The lowest BCUT2D eigenvalue weighted by Gasteiger charge is -2.43. The van der Waals surface area contributed by atoms with Gasteiger partial charge in [-0.2, -0.15) is 0 Å². The molecule has 0 heterocycles. The molecule has 2 rings (SSSR count). The summed E-state index contributed by atoms with van der Waals surface area (Å²) in [6.45, 7) is 13.0. The average Bonchev–Trinajstić information content (AvgIpc) is 2.61. The number of hydrogen-bond donors (Lipinski definition) is 2. The van der Waals surface area contributed by atoms with Crippen LogP contribution < -0.4 is 10.6 Å². The Morgan fingerprint density at radius 2 is 1.83 bits per heavy atom. The number of amides is 2. The third-order valence-electron chi connectivity index (χ3n) is 5.03. The zero-order chi connectivity index (χ0) is 13.8. The van der Waals surface area contributed by atoms with Gasteiger partial charge in [-0.15, -0.1) is 0 Å². The van der Waals surface area contributed by atoms with Crippen molar-refractivity contribution in [3.05, 3.63) is 0 Å². The number of rotatable bonds is 1. The van der Waals surface area contributed by atoms with Crippen LogP contribution in [-0.2, 0) is 0 Å². The summed E-state index contributed by atoms with van der Waals surface area (Å²) in [6, 6.07) is 0.278. The molecular weight excluding hydrogens is 224 g/mol. The van der Waals surface area contributed by atoms with Crippen LogP contribution in [0.1, 0.15) is 60.8 Å². The molecule has 3 atom stereocenters. The fraction of sp³-hybridized carbons (Fsp3) is 0.933. The maximum Gasteiger partial charge on any atom is 0.315 e. The van der Waals surface area contributed by atoms with Crippen molar-refractivity contribution >= 4 is 6.03 Å². The first-order valence-electron chi connectivity index (χ1n) is 7.13. The molecule has 0 saturated heterocycles. The highest BCUT2D eigenvalue weighted by Gasteiger charge is 2.59. The second-order valence-electron chi connectivity index (χ2n) is 8.20. The first kappa shape index (κ1) is 13.7. The average molecular weight is 252 g/mol. The molecule has 0 aromatic heterocycles. The Kier molecular flexibility index (Phi) is 2.95. The standard InChI is InChI=1S/C15H28N2O/c1-13(2,3)17-12(18)16-11-14(4,5)10-7-8-15(11,6)9-10/h10-11H,7-9H2,1-6H3,(H2,16,17,18). The highest BCUT2D eigenvalue weighted by molar-refractivity contribution is 5.75. The maximum atomic E-state index is 12.1. The summed E-state index contributed by atoms with van der Waals surface area (Å²) in [4.78, 5) is 12.1. The van der Waals surface area contributed by atoms with E-state index in [9.17, 15) is 4.79 Å². The lowest BCUT2D eigenvalue weighted by Crippen LogP contribution is -2.57. The van der Waals surface area contributed by atoms with Crippen LogP contribution in [0.2, 0.25) is 0 Å². The molecule has 18 heavy (non-hydrogen) atoms. The Morgan fingerprint density at radius 3 is 2.28 bits per heavy atom. The maximum absolute atomic E-state index is 12.1. The molecule has 2 aliphatic rings. The molecule has 3 unspecified atom stereocenters. The second-order valence-corrected chi connectivity index (χ2v) is 8.20. The number of carbonyl (C=O) groups excluding carboxylic acids is 1. The van der Waals surface area contributed by atoms with E-state index in [1.54, 1.807) is 0 Å². The molecule has 3 nitrogen and oxygen atoms in total. The molecule has 2 fully saturated rings. The molecule has 0 aliphatic heterocycles. The van der Waals surface area contributed by atoms with Gasteiger partial charge in [-0.25, -0.2) is 4.79 Å². The van der Waals surface area contributed by atoms with Crippen molar-refractivity contribution in [1.29, 1.82) is 0 Å². The van der Waals surface area contributed by atoms with E-state index >= 15 is 0 Å². The molecular formula is C15H28N2O. The number of carbonyl (C=O) groups is 1. The summed E-state index contributed by atoms with van der Waals surface area (Å²) in [6.07, 6.45) is 3.84. The van der Waals surface area contributed by atoms with Crippen molar-refractivity contribution in [1.82, 2.24) is 10.6 Å². The van der Waals surface area contributed by atoms with Crippen molar-refractivity contribution in [3.63, 3.8) is 0 Å². The molecule has 0 aromatic carbocycles. The first-order chi connectivity index (χ1) is 8.05. The van der Waals surface area contributed by atoms with Gasteiger partial charge in [0.1, 0.15) is 0 Å². The van der Waals surface area contributed by atoms with Gasteiger partial charge in [0.15, 0.2) is 0 Å². The highest BCUT2D eigenvalue weighted by Crippen LogP contribution is 2.62. The molecule has 3 heteroatoms. The van der Waals surface area contributed by atoms with Crippen molar-refractivity contribution in [2.45, 2.75) is 72.4 Å². The van der Waals surface area contributed by atoms with Gasteiger partial charge in [0.2, 0.25) is 0 Å². The second kappa shape index (κ2) is 3.88. The van der Waals surface area contributed by atoms with Gasteiger partial charge in [-0.05, 0) is 56.8 Å². The molecule has 0 aromatic rings. The van der Waals surface area contributed by atoms with Gasteiger partial charge in [0, 0.05) is 11.6 Å². The van der Waals surface area contributed by atoms with E-state index in [4.69, 9.17) is 0 Å². The van der Waals surface area contributed by atoms with Gasteiger partial charge in [-0.1, -0.05) is 20.8 Å². The lowest BCUT2D eigenvalue weighted by molar-refractivity contribution is 0.112. The molecule has 2 amide bonds. The largest absolute Gasteiger partial charge is 0.334 e. The minimum atomic E-state index is -0.174. The van der Waals surface area contributed by atoms with Crippen molar-refractivity contribution < 1.29 is 4.79 Å². The molecule has 2 saturated carbocycles.